The third-order valence-corrected chi connectivity index (χ3v) is 8.41. The molecule has 0 radical (unpaired) electrons. The normalized spacial score (nSPS) is 16.7. The molecule has 2 atom stereocenters. The number of carbonyl (C=O) groups excluding carboxylic acids is 3. The average Bonchev–Trinajstić information content (AvgIpc) is 3.42. The first-order valence-electron chi connectivity index (χ1n) is 13.8. The van der Waals surface area contributed by atoms with Gasteiger partial charge in [-0.05, 0) is 81.8 Å². The van der Waals surface area contributed by atoms with Crippen molar-refractivity contribution in [3.63, 3.8) is 0 Å². The van der Waals surface area contributed by atoms with Gasteiger partial charge in [0.05, 0.1) is 11.6 Å². The van der Waals surface area contributed by atoms with Crippen LogP contribution in [0.25, 0.3) is 0 Å². The number of para-hydroxylation sites is 1. The van der Waals surface area contributed by atoms with Gasteiger partial charge in [-0.1, -0.05) is 48.0 Å². The lowest BCUT2D eigenvalue weighted by Gasteiger charge is -2.27. The van der Waals surface area contributed by atoms with Crippen molar-refractivity contribution in [3.05, 3.63) is 87.9 Å². The van der Waals surface area contributed by atoms with Crippen LogP contribution in [-0.2, 0) is 9.53 Å². The van der Waals surface area contributed by atoms with E-state index >= 15 is 0 Å². The summed E-state index contributed by atoms with van der Waals surface area (Å²) in [6.45, 7) is 9.66. The molecule has 9 heteroatoms. The molecule has 0 N–H and O–H groups in total. The molecule has 1 aliphatic heterocycles. The fourth-order valence-electron chi connectivity index (χ4n) is 5.17. The summed E-state index contributed by atoms with van der Waals surface area (Å²) < 4.78 is 17.0. The van der Waals surface area contributed by atoms with E-state index in [0.717, 1.165) is 21.6 Å². The molecule has 0 spiro atoms. The Balaban J connectivity index is 1.66. The lowest BCUT2D eigenvalue weighted by atomic mass is 9.82. The zero-order valence-corrected chi connectivity index (χ0v) is 26.3. The molecule has 0 aliphatic carbocycles. The van der Waals surface area contributed by atoms with Crippen molar-refractivity contribution in [1.29, 1.82) is 0 Å². The minimum absolute atomic E-state index is 0.0419. The molecule has 0 bridgehead atoms. The van der Waals surface area contributed by atoms with Crippen molar-refractivity contribution in [3.8, 4) is 11.5 Å². The summed E-state index contributed by atoms with van der Waals surface area (Å²) in [4.78, 5) is 42.2. The number of rotatable bonds is 9. The maximum atomic E-state index is 13.9. The van der Waals surface area contributed by atoms with Crippen LogP contribution in [-0.4, -0.2) is 54.3 Å². The number of amides is 1. The van der Waals surface area contributed by atoms with Crippen molar-refractivity contribution < 1.29 is 28.6 Å². The molecular formula is C33H36ClNO6S. The van der Waals surface area contributed by atoms with Crippen molar-refractivity contribution in [1.82, 2.24) is 4.90 Å². The second-order valence-electron chi connectivity index (χ2n) is 10.8. The number of halogens is 1. The van der Waals surface area contributed by atoms with E-state index in [1.807, 2.05) is 56.5 Å². The Morgan fingerprint density at radius 2 is 1.64 bits per heavy atom. The number of aryl methyl sites for hydroxylation is 2. The summed E-state index contributed by atoms with van der Waals surface area (Å²) in [5.74, 6) is -0.429. The summed E-state index contributed by atoms with van der Waals surface area (Å²) in [5.41, 5.74) is 1.94. The van der Waals surface area contributed by atoms with Crippen LogP contribution in [0.3, 0.4) is 0 Å². The van der Waals surface area contributed by atoms with Gasteiger partial charge in [-0.25, -0.2) is 9.59 Å². The number of hydrogen-bond acceptors (Lipinski definition) is 7. The minimum Gasteiger partial charge on any atom is -0.476 e. The summed E-state index contributed by atoms with van der Waals surface area (Å²) in [7, 11) is 0. The Kier molecular flexibility index (Phi) is 9.89. The molecule has 4 rings (SSSR count). The molecule has 1 saturated heterocycles. The standard InChI is InChI=1S/C33H36ClNO6S/c1-7-39-31(37)33(4,5)41-30-20(2)16-23(17-21(30)3)25-18-35(32(38)40-28-11-9-8-10-27(28)34)19-26(25)29(36)22-12-14-24(42-6)15-13-22/h8-17,25-26H,7,18-19H2,1-6H3/t25-,26?/m1/s1. The van der Waals surface area contributed by atoms with Gasteiger partial charge in [0.2, 0.25) is 0 Å². The fraction of sp³-hybridized carbons (Fsp3) is 0.364. The number of ether oxygens (including phenoxy) is 3. The van der Waals surface area contributed by atoms with Crippen LogP contribution < -0.4 is 9.47 Å². The van der Waals surface area contributed by atoms with Crippen LogP contribution in [0, 0.1) is 19.8 Å². The van der Waals surface area contributed by atoms with Crippen LogP contribution in [0.2, 0.25) is 5.02 Å². The van der Waals surface area contributed by atoms with Gasteiger partial charge in [-0.15, -0.1) is 11.8 Å². The number of likely N-dealkylation sites (tertiary alicyclic amines) is 1. The molecule has 0 aromatic heterocycles. The van der Waals surface area contributed by atoms with Gasteiger partial charge in [0.1, 0.15) is 5.75 Å². The summed E-state index contributed by atoms with van der Waals surface area (Å²) in [5, 5.41) is 0.329. The molecule has 1 fully saturated rings. The van der Waals surface area contributed by atoms with Crippen molar-refractivity contribution in [2.24, 2.45) is 5.92 Å². The predicted octanol–water partition coefficient (Wildman–Crippen LogP) is 7.50. The summed E-state index contributed by atoms with van der Waals surface area (Å²) >= 11 is 7.83. The second-order valence-corrected chi connectivity index (χ2v) is 12.1. The van der Waals surface area contributed by atoms with E-state index in [1.54, 1.807) is 61.7 Å². The lowest BCUT2D eigenvalue weighted by Crippen LogP contribution is -2.40. The van der Waals surface area contributed by atoms with Gasteiger partial charge >= 0.3 is 12.1 Å². The van der Waals surface area contributed by atoms with Crippen LogP contribution in [0.5, 0.6) is 11.5 Å². The molecule has 1 aliphatic rings. The third-order valence-electron chi connectivity index (χ3n) is 7.36. The smallest absolute Gasteiger partial charge is 0.415 e. The molecule has 1 amide bonds. The molecule has 3 aromatic rings. The first-order chi connectivity index (χ1) is 19.9. The Bertz CT molecular complexity index is 1450. The quantitative estimate of drug-likeness (QED) is 0.141. The molecule has 7 nitrogen and oxygen atoms in total. The van der Waals surface area contributed by atoms with Crippen molar-refractivity contribution in [2.75, 3.05) is 26.0 Å². The van der Waals surface area contributed by atoms with Gasteiger partial charge in [-0.3, -0.25) is 4.79 Å². The molecule has 0 saturated carbocycles. The van der Waals surface area contributed by atoms with E-state index in [1.165, 1.54) is 0 Å². The van der Waals surface area contributed by atoms with E-state index in [4.69, 9.17) is 25.8 Å². The van der Waals surface area contributed by atoms with Crippen molar-refractivity contribution in [2.45, 2.75) is 51.0 Å². The predicted molar refractivity (Wildman–Crippen MR) is 165 cm³/mol. The zero-order chi connectivity index (χ0) is 30.6. The lowest BCUT2D eigenvalue weighted by molar-refractivity contribution is -0.158. The molecular weight excluding hydrogens is 574 g/mol. The second kappa shape index (κ2) is 13.2. The Labute approximate surface area is 256 Å². The fourth-order valence-corrected chi connectivity index (χ4v) is 5.75. The zero-order valence-electron chi connectivity index (χ0n) is 24.7. The molecule has 42 heavy (non-hydrogen) atoms. The molecule has 1 unspecified atom stereocenters. The van der Waals surface area contributed by atoms with Crippen LogP contribution in [0.4, 0.5) is 4.79 Å². The average molecular weight is 610 g/mol. The van der Waals surface area contributed by atoms with Gasteiger partial charge < -0.3 is 19.1 Å². The van der Waals surface area contributed by atoms with E-state index in [-0.39, 0.29) is 37.1 Å². The Morgan fingerprint density at radius 1 is 1.00 bits per heavy atom. The SMILES string of the molecule is CCOC(=O)C(C)(C)Oc1c(C)cc([C@H]2CN(C(=O)Oc3ccccc3Cl)CC2C(=O)c2ccc(SC)cc2)cc1C. The highest BCUT2D eigenvalue weighted by Crippen LogP contribution is 2.39. The number of nitrogens with zero attached hydrogens (tertiary/aromatic N) is 1. The number of Topliss-reactive ketones (excluding diaryl/α,β-unsaturated/α-hetero) is 1. The number of ketones is 1. The Hall–Kier alpha value is -3.49. The number of hydrogen-bond donors (Lipinski definition) is 0. The highest BCUT2D eigenvalue weighted by Gasteiger charge is 2.42. The molecule has 3 aromatic carbocycles. The highest BCUT2D eigenvalue weighted by molar-refractivity contribution is 7.98. The van der Waals surface area contributed by atoms with E-state index in [0.29, 0.717) is 16.3 Å². The minimum atomic E-state index is -1.18. The third kappa shape index (κ3) is 6.93. The number of thioether (sulfide) groups is 1. The van der Waals surface area contributed by atoms with E-state index in [9.17, 15) is 14.4 Å². The van der Waals surface area contributed by atoms with Crippen LogP contribution >= 0.6 is 23.4 Å². The maximum Gasteiger partial charge on any atom is 0.415 e. The van der Waals surface area contributed by atoms with Crippen molar-refractivity contribution >= 4 is 41.2 Å². The Morgan fingerprint density at radius 3 is 2.24 bits per heavy atom. The summed E-state index contributed by atoms with van der Waals surface area (Å²) in [6, 6.07) is 18.2. The van der Waals surface area contributed by atoms with E-state index < -0.39 is 23.6 Å². The van der Waals surface area contributed by atoms with Gasteiger partial charge in [0.25, 0.3) is 0 Å². The topological polar surface area (TPSA) is 82.1 Å². The van der Waals surface area contributed by atoms with E-state index in [2.05, 4.69) is 0 Å². The molecule has 1 heterocycles. The maximum absolute atomic E-state index is 13.9. The first kappa shape index (κ1) is 31.4. The number of benzene rings is 3. The largest absolute Gasteiger partial charge is 0.476 e. The highest BCUT2D eigenvalue weighted by atomic mass is 35.5. The summed E-state index contributed by atoms with van der Waals surface area (Å²) in [6.07, 6.45) is 1.42. The number of esters is 1. The van der Waals surface area contributed by atoms with Gasteiger partial charge in [0, 0.05) is 35.4 Å². The molecule has 222 valence electrons. The van der Waals surface area contributed by atoms with Gasteiger partial charge in [0.15, 0.2) is 17.1 Å². The van der Waals surface area contributed by atoms with Gasteiger partial charge in [-0.2, -0.15) is 0 Å². The first-order valence-corrected chi connectivity index (χ1v) is 15.4. The van der Waals surface area contributed by atoms with Crippen LogP contribution in [0.15, 0.2) is 65.6 Å². The monoisotopic (exact) mass is 609 g/mol. The number of carbonyl (C=O) groups is 3. The van der Waals surface area contributed by atoms with Crippen LogP contribution in [0.1, 0.15) is 53.7 Å².